The van der Waals surface area contributed by atoms with Crippen LogP contribution in [0.15, 0.2) is 24.4 Å². The summed E-state index contributed by atoms with van der Waals surface area (Å²) in [6.45, 7) is 6.02. The van der Waals surface area contributed by atoms with Gasteiger partial charge in [0.15, 0.2) is 0 Å². The summed E-state index contributed by atoms with van der Waals surface area (Å²) in [6.07, 6.45) is 6.50. The van der Waals surface area contributed by atoms with Crippen molar-refractivity contribution >= 4 is 17.2 Å². The van der Waals surface area contributed by atoms with Crippen molar-refractivity contribution in [1.29, 1.82) is 0 Å². The highest BCUT2D eigenvalue weighted by atomic mass is 32.1. The zero-order valence-electron chi connectivity index (χ0n) is 14.5. The Hall–Kier alpha value is -1.75. The first-order valence-electron chi connectivity index (χ1n) is 8.91. The molecule has 0 bridgehead atoms. The Kier molecular flexibility index (Phi) is 5.61. The van der Waals surface area contributed by atoms with Crippen LogP contribution in [0, 0.1) is 5.92 Å². The SMILES string of the molecule is CCCN(CCC)C(=O)C1CCc2nc(-c3ccccn3)sc2C1. The quantitative estimate of drug-likeness (QED) is 0.797. The molecule has 0 fully saturated rings. The molecule has 2 aromatic heterocycles. The van der Waals surface area contributed by atoms with Crippen LogP contribution in [0.3, 0.4) is 0 Å². The Morgan fingerprint density at radius 3 is 2.75 bits per heavy atom. The highest BCUT2D eigenvalue weighted by Crippen LogP contribution is 2.34. The fraction of sp³-hybridized carbons (Fsp3) is 0.526. The predicted molar refractivity (Wildman–Crippen MR) is 98.0 cm³/mol. The largest absolute Gasteiger partial charge is 0.342 e. The second-order valence-corrected chi connectivity index (χ2v) is 7.45. The summed E-state index contributed by atoms with van der Waals surface area (Å²) in [6, 6.07) is 5.90. The molecule has 1 aliphatic rings. The molecule has 128 valence electrons. The molecule has 1 unspecified atom stereocenters. The minimum atomic E-state index is 0.118. The van der Waals surface area contributed by atoms with E-state index < -0.39 is 0 Å². The van der Waals surface area contributed by atoms with Gasteiger partial charge in [-0.05, 0) is 44.2 Å². The number of carbonyl (C=O) groups is 1. The van der Waals surface area contributed by atoms with E-state index in [1.54, 1.807) is 17.5 Å². The maximum Gasteiger partial charge on any atom is 0.226 e. The fourth-order valence-electron chi connectivity index (χ4n) is 3.31. The summed E-state index contributed by atoms with van der Waals surface area (Å²) in [4.78, 5) is 25.3. The number of carbonyl (C=O) groups excluding carboxylic acids is 1. The molecule has 4 nitrogen and oxygen atoms in total. The highest BCUT2D eigenvalue weighted by molar-refractivity contribution is 7.15. The molecule has 2 aromatic rings. The summed E-state index contributed by atoms with van der Waals surface area (Å²) >= 11 is 1.70. The molecule has 0 N–H and O–H groups in total. The third-order valence-electron chi connectivity index (χ3n) is 4.47. The third kappa shape index (κ3) is 3.66. The molecule has 1 atom stereocenters. The van der Waals surface area contributed by atoms with Gasteiger partial charge in [0.25, 0.3) is 0 Å². The number of rotatable bonds is 6. The van der Waals surface area contributed by atoms with Crippen molar-refractivity contribution in [3.8, 4) is 10.7 Å². The average Bonchev–Trinajstić information content (AvgIpc) is 3.05. The van der Waals surface area contributed by atoms with Gasteiger partial charge in [-0.2, -0.15) is 0 Å². The van der Waals surface area contributed by atoms with Crippen LogP contribution in [0.4, 0.5) is 0 Å². The lowest BCUT2D eigenvalue weighted by Gasteiger charge is -2.28. The Bertz CT molecular complexity index is 677. The molecule has 1 aliphatic carbocycles. The van der Waals surface area contributed by atoms with Gasteiger partial charge in [-0.25, -0.2) is 4.98 Å². The smallest absolute Gasteiger partial charge is 0.226 e. The molecular weight excluding hydrogens is 318 g/mol. The summed E-state index contributed by atoms with van der Waals surface area (Å²) in [5, 5.41) is 0.979. The van der Waals surface area contributed by atoms with E-state index in [1.807, 2.05) is 18.2 Å². The van der Waals surface area contributed by atoms with E-state index in [0.29, 0.717) is 5.91 Å². The van der Waals surface area contributed by atoms with Crippen molar-refractivity contribution in [3.63, 3.8) is 0 Å². The molecule has 0 aromatic carbocycles. The number of thiazole rings is 1. The van der Waals surface area contributed by atoms with Crippen molar-refractivity contribution in [2.24, 2.45) is 5.92 Å². The lowest BCUT2D eigenvalue weighted by molar-refractivity contribution is -0.136. The number of pyridine rings is 1. The van der Waals surface area contributed by atoms with Gasteiger partial charge in [-0.15, -0.1) is 11.3 Å². The van der Waals surface area contributed by atoms with Crippen LogP contribution in [-0.2, 0) is 17.6 Å². The Morgan fingerprint density at radius 2 is 2.08 bits per heavy atom. The second-order valence-electron chi connectivity index (χ2n) is 6.37. The molecule has 0 spiro atoms. The normalized spacial score (nSPS) is 16.7. The number of amides is 1. The van der Waals surface area contributed by atoms with Gasteiger partial charge < -0.3 is 4.90 Å². The van der Waals surface area contributed by atoms with Crippen LogP contribution in [0.5, 0.6) is 0 Å². The number of aryl methyl sites for hydroxylation is 1. The Morgan fingerprint density at radius 1 is 1.29 bits per heavy atom. The monoisotopic (exact) mass is 343 g/mol. The fourth-order valence-corrected chi connectivity index (χ4v) is 4.48. The van der Waals surface area contributed by atoms with Crippen LogP contribution in [-0.4, -0.2) is 33.9 Å². The van der Waals surface area contributed by atoms with Crippen molar-refractivity contribution in [2.75, 3.05) is 13.1 Å². The second kappa shape index (κ2) is 7.88. The first kappa shape index (κ1) is 17.1. The summed E-state index contributed by atoms with van der Waals surface area (Å²) in [5.74, 6) is 0.449. The van der Waals surface area contributed by atoms with Gasteiger partial charge >= 0.3 is 0 Å². The van der Waals surface area contributed by atoms with Gasteiger partial charge in [-0.3, -0.25) is 9.78 Å². The first-order valence-corrected chi connectivity index (χ1v) is 9.73. The number of aromatic nitrogens is 2. The zero-order valence-corrected chi connectivity index (χ0v) is 15.3. The predicted octanol–water partition coefficient (Wildman–Crippen LogP) is 3.96. The number of hydrogen-bond acceptors (Lipinski definition) is 4. The van der Waals surface area contributed by atoms with E-state index in [4.69, 9.17) is 4.98 Å². The standard InChI is InChI=1S/C19H25N3OS/c1-3-11-22(12-4-2)19(23)14-8-9-15-17(13-14)24-18(21-15)16-7-5-6-10-20-16/h5-7,10,14H,3-4,8-9,11-13H2,1-2H3. The molecule has 3 rings (SSSR count). The average molecular weight is 343 g/mol. The van der Waals surface area contributed by atoms with E-state index >= 15 is 0 Å². The van der Waals surface area contributed by atoms with Crippen molar-refractivity contribution in [3.05, 3.63) is 35.0 Å². The number of nitrogens with zero attached hydrogens (tertiary/aromatic N) is 3. The molecule has 1 amide bonds. The first-order chi connectivity index (χ1) is 11.7. The summed E-state index contributed by atoms with van der Waals surface area (Å²) < 4.78 is 0. The molecule has 5 heteroatoms. The van der Waals surface area contributed by atoms with Crippen LogP contribution in [0.2, 0.25) is 0 Å². The van der Waals surface area contributed by atoms with E-state index in [0.717, 1.165) is 55.9 Å². The van der Waals surface area contributed by atoms with E-state index in [9.17, 15) is 4.79 Å². The maximum absolute atomic E-state index is 12.9. The van der Waals surface area contributed by atoms with Crippen LogP contribution in [0.25, 0.3) is 10.7 Å². The maximum atomic E-state index is 12.9. The van der Waals surface area contributed by atoms with Crippen LogP contribution >= 0.6 is 11.3 Å². The highest BCUT2D eigenvalue weighted by Gasteiger charge is 2.30. The minimum absolute atomic E-state index is 0.118. The molecule has 0 saturated heterocycles. The molecular formula is C19H25N3OS. The van der Waals surface area contributed by atoms with Gasteiger partial charge in [-0.1, -0.05) is 19.9 Å². The topological polar surface area (TPSA) is 46.1 Å². The van der Waals surface area contributed by atoms with Crippen LogP contribution < -0.4 is 0 Å². The van der Waals surface area contributed by atoms with Gasteiger partial charge in [0, 0.05) is 30.1 Å². The molecule has 0 aliphatic heterocycles. The number of hydrogen-bond donors (Lipinski definition) is 0. The van der Waals surface area contributed by atoms with Crippen LogP contribution in [0.1, 0.15) is 43.7 Å². The van der Waals surface area contributed by atoms with E-state index in [1.165, 1.54) is 10.6 Å². The minimum Gasteiger partial charge on any atom is -0.342 e. The number of fused-ring (bicyclic) bond motifs is 1. The zero-order chi connectivity index (χ0) is 16.9. The van der Waals surface area contributed by atoms with Gasteiger partial charge in [0.05, 0.1) is 11.4 Å². The summed E-state index contributed by atoms with van der Waals surface area (Å²) in [5.41, 5.74) is 2.10. The van der Waals surface area contributed by atoms with Crippen molar-refractivity contribution in [1.82, 2.24) is 14.9 Å². The summed E-state index contributed by atoms with van der Waals surface area (Å²) in [7, 11) is 0. The molecule has 0 saturated carbocycles. The van der Waals surface area contributed by atoms with Crippen molar-refractivity contribution in [2.45, 2.75) is 46.0 Å². The van der Waals surface area contributed by atoms with Crippen molar-refractivity contribution < 1.29 is 4.79 Å². The molecule has 2 heterocycles. The van der Waals surface area contributed by atoms with Gasteiger partial charge in [0.2, 0.25) is 5.91 Å². The lowest BCUT2D eigenvalue weighted by atomic mass is 9.90. The van der Waals surface area contributed by atoms with E-state index in [2.05, 4.69) is 23.7 Å². The molecule has 0 radical (unpaired) electrons. The van der Waals surface area contributed by atoms with E-state index in [-0.39, 0.29) is 5.92 Å². The Balaban J connectivity index is 1.74. The lowest BCUT2D eigenvalue weighted by Crippen LogP contribution is -2.39. The van der Waals surface area contributed by atoms with Gasteiger partial charge in [0.1, 0.15) is 5.01 Å². The third-order valence-corrected chi connectivity index (χ3v) is 5.61. The Labute approximate surface area is 147 Å². The molecule has 24 heavy (non-hydrogen) atoms.